The summed E-state index contributed by atoms with van der Waals surface area (Å²) in [6.45, 7) is 2.53. The number of carbonyl (C=O) groups is 1. The second-order valence-electron chi connectivity index (χ2n) is 6.92. The van der Waals surface area contributed by atoms with Gasteiger partial charge in [-0.15, -0.1) is 12.4 Å². The molecule has 1 aromatic heterocycles. The highest BCUT2D eigenvalue weighted by molar-refractivity contribution is 6.00. The van der Waals surface area contributed by atoms with Crippen molar-refractivity contribution >= 4 is 18.3 Å². The fraction of sp³-hybridized carbons (Fsp3) is 0.304. The second-order valence-corrected chi connectivity index (χ2v) is 6.92. The Labute approximate surface area is 183 Å². The molecule has 0 spiro atoms. The van der Waals surface area contributed by atoms with Gasteiger partial charge in [0.2, 0.25) is 0 Å². The molecule has 0 saturated carbocycles. The van der Waals surface area contributed by atoms with Crippen LogP contribution in [0.5, 0.6) is 5.75 Å². The van der Waals surface area contributed by atoms with Crippen LogP contribution in [0.25, 0.3) is 16.9 Å². The van der Waals surface area contributed by atoms with Crippen LogP contribution in [-0.4, -0.2) is 35.4 Å². The normalized spacial score (nSPS) is 11.4. The quantitative estimate of drug-likeness (QED) is 0.534. The van der Waals surface area contributed by atoms with Gasteiger partial charge in [0, 0.05) is 24.3 Å². The van der Waals surface area contributed by atoms with Crippen LogP contribution in [0.2, 0.25) is 0 Å². The van der Waals surface area contributed by atoms with Gasteiger partial charge in [0.15, 0.2) is 0 Å². The van der Waals surface area contributed by atoms with Crippen LogP contribution in [-0.2, 0) is 0 Å². The maximum atomic E-state index is 13.2. The van der Waals surface area contributed by atoms with Crippen molar-refractivity contribution in [2.45, 2.75) is 32.2 Å². The highest BCUT2D eigenvalue weighted by Gasteiger charge is 2.22. The first-order chi connectivity index (χ1) is 14.2. The van der Waals surface area contributed by atoms with Crippen LogP contribution in [0.3, 0.4) is 0 Å². The number of ether oxygens (including phenoxy) is 1. The molecule has 3 N–H and O–H groups in total. The minimum Gasteiger partial charge on any atom is -0.496 e. The molecule has 30 heavy (non-hydrogen) atoms. The molecule has 0 saturated heterocycles. The molecule has 1 heterocycles. The Morgan fingerprint density at radius 1 is 1.17 bits per heavy atom. The van der Waals surface area contributed by atoms with E-state index < -0.39 is 0 Å². The molecule has 2 aromatic carbocycles. The summed E-state index contributed by atoms with van der Waals surface area (Å²) >= 11 is 0. The lowest BCUT2D eigenvalue weighted by molar-refractivity contribution is 0.0936. The van der Waals surface area contributed by atoms with E-state index in [0.29, 0.717) is 23.6 Å². The van der Waals surface area contributed by atoms with E-state index in [1.807, 2.05) is 54.6 Å². The average molecular weight is 429 g/mol. The van der Waals surface area contributed by atoms with E-state index in [2.05, 4.69) is 12.2 Å². The van der Waals surface area contributed by atoms with Crippen molar-refractivity contribution in [2.75, 3.05) is 13.7 Å². The number of aromatic nitrogens is 2. The lowest BCUT2D eigenvalue weighted by Crippen LogP contribution is -2.40. The number of para-hydroxylation sites is 2. The predicted octanol–water partition coefficient (Wildman–Crippen LogP) is 4.22. The van der Waals surface area contributed by atoms with Gasteiger partial charge in [-0.05, 0) is 30.7 Å². The van der Waals surface area contributed by atoms with Crippen molar-refractivity contribution in [2.24, 2.45) is 5.73 Å². The maximum Gasteiger partial charge on any atom is 0.255 e. The number of amides is 1. The van der Waals surface area contributed by atoms with Crippen LogP contribution in [0.1, 0.15) is 36.5 Å². The third-order valence-electron chi connectivity index (χ3n) is 4.87. The number of carbonyl (C=O) groups excluding carboxylic acids is 1. The fourth-order valence-electron chi connectivity index (χ4n) is 3.25. The summed E-state index contributed by atoms with van der Waals surface area (Å²) in [7, 11) is 1.61. The molecule has 1 atom stereocenters. The Balaban J connectivity index is 0.00000320. The Morgan fingerprint density at radius 3 is 2.53 bits per heavy atom. The van der Waals surface area contributed by atoms with Gasteiger partial charge in [0.25, 0.3) is 5.91 Å². The third kappa shape index (κ3) is 5.40. The zero-order valence-corrected chi connectivity index (χ0v) is 18.2. The first-order valence-corrected chi connectivity index (χ1v) is 9.97. The number of halogens is 1. The Kier molecular flexibility index (Phi) is 8.89. The van der Waals surface area contributed by atoms with Gasteiger partial charge in [-0.2, -0.15) is 5.10 Å². The Morgan fingerprint density at radius 2 is 1.87 bits per heavy atom. The van der Waals surface area contributed by atoms with E-state index in [-0.39, 0.29) is 24.4 Å². The smallest absolute Gasteiger partial charge is 0.255 e. The van der Waals surface area contributed by atoms with Crippen LogP contribution in [0, 0.1) is 0 Å². The molecular weight excluding hydrogens is 400 g/mol. The van der Waals surface area contributed by atoms with Gasteiger partial charge in [0.1, 0.15) is 11.4 Å². The molecular formula is C23H29ClN4O2. The zero-order valence-electron chi connectivity index (χ0n) is 17.4. The van der Waals surface area contributed by atoms with Gasteiger partial charge in [-0.3, -0.25) is 4.79 Å². The molecule has 0 aliphatic rings. The van der Waals surface area contributed by atoms with Gasteiger partial charge >= 0.3 is 0 Å². The van der Waals surface area contributed by atoms with Gasteiger partial charge in [-0.25, -0.2) is 4.68 Å². The molecule has 6 nitrogen and oxygen atoms in total. The first kappa shape index (κ1) is 23.4. The van der Waals surface area contributed by atoms with E-state index >= 15 is 0 Å². The number of benzene rings is 2. The molecule has 1 amide bonds. The van der Waals surface area contributed by atoms with Crippen molar-refractivity contribution in [3.05, 3.63) is 66.4 Å². The van der Waals surface area contributed by atoms with Gasteiger partial charge in [0.05, 0.1) is 18.4 Å². The summed E-state index contributed by atoms with van der Waals surface area (Å²) in [4.78, 5) is 13.2. The summed E-state index contributed by atoms with van der Waals surface area (Å²) in [5, 5.41) is 7.79. The largest absolute Gasteiger partial charge is 0.496 e. The molecule has 7 heteroatoms. The summed E-state index contributed by atoms with van der Waals surface area (Å²) in [5.41, 5.74) is 8.60. The lowest BCUT2D eigenvalue weighted by atomic mass is 10.1. The molecule has 0 aliphatic heterocycles. The number of rotatable bonds is 9. The Bertz CT molecular complexity index is 943. The molecule has 3 aromatic rings. The van der Waals surface area contributed by atoms with Crippen molar-refractivity contribution in [3.63, 3.8) is 0 Å². The van der Waals surface area contributed by atoms with E-state index in [1.165, 1.54) is 0 Å². The van der Waals surface area contributed by atoms with Gasteiger partial charge in [-0.1, -0.05) is 50.1 Å². The average Bonchev–Trinajstić information content (AvgIpc) is 3.22. The molecule has 3 rings (SSSR count). The lowest BCUT2D eigenvalue weighted by Gasteiger charge is -2.16. The number of hydrogen-bond donors (Lipinski definition) is 2. The SMILES string of the molecule is CCCCC(CN)NC(=O)c1cn(-c2ccccc2)nc1-c1ccccc1OC.Cl. The number of unbranched alkanes of at least 4 members (excludes halogenated alkanes) is 1. The van der Waals surface area contributed by atoms with Crippen molar-refractivity contribution in [3.8, 4) is 22.7 Å². The monoisotopic (exact) mass is 428 g/mol. The summed E-state index contributed by atoms with van der Waals surface area (Å²) in [6, 6.07) is 17.2. The number of methoxy groups -OCH3 is 1. The van der Waals surface area contributed by atoms with E-state index in [4.69, 9.17) is 15.6 Å². The molecule has 0 radical (unpaired) electrons. The molecule has 0 fully saturated rings. The summed E-state index contributed by atoms with van der Waals surface area (Å²) < 4.78 is 7.23. The number of hydrogen-bond acceptors (Lipinski definition) is 4. The highest BCUT2D eigenvalue weighted by atomic mass is 35.5. The van der Waals surface area contributed by atoms with Crippen LogP contribution >= 0.6 is 12.4 Å². The van der Waals surface area contributed by atoms with E-state index in [1.54, 1.807) is 18.0 Å². The minimum atomic E-state index is -0.181. The maximum absolute atomic E-state index is 13.2. The molecule has 1 unspecified atom stereocenters. The van der Waals surface area contributed by atoms with Crippen molar-refractivity contribution < 1.29 is 9.53 Å². The summed E-state index contributed by atoms with van der Waals surface area (Å²) in [5.74, 6) is 0.487. The fourth-order valence-corrected chi connectivity index (χ4v) is 3.25. The number of nitrogens with two attached hydrogens (primary N) is 1. The number of nitrogens with zero attached hydrogens (tertiary/aromatic N) is 2. The van der Waals surface area contributed by atoms with Crippen LogP contribution in [0.15, 0.2) is 60.8 Å². The third-order valence-corrected chi connectivity index (χ3v) is 4.87. The summed E-state index contributed by atoms with van der Waals surface area (Å²) in [6.07, 6.45) is 4.70. The molecule has 0 aliphatic carbocycles. The number of nitrogens with one attached hydrogen (secondary N) is 1. The van der Waals surface area contributed by atoms with Gasteiger partial charge < -0.3 is 15.8 Å². The minimum absolute atomic E-state index is 0. The molecule has 160 valence electrons. The van der Waals surface area contributed by atoms with E-state index in [9.17, 15) is 4.79 Å². The van der Waals surface area contributed by atoms with Crippen molar-refractivity contribution in [1.82, 2.24) is 15.1 Å². The standard InChI is InChI=1S/C23H28N4O2.ClH/c1-3-4-10-17(15-24)25-23(28)20-16-27(18-11-6-5-7-12-18)26-22(20)19-13-8-9-14-21(19)29-2;/h5-9,11-14,16-17H,3-4,10,15,24H2,1-2H3,(H,25,28);1H. The Hall–Kier alpha value is -2.83. The van der Waals surface area contributed by atoms with Crippen LogP contribution < -0.4 is 15.8 Å². The van der Waals surface area contributed by atoms with E-state index in [0.717, 1.165) is 30.5 Å². The van der Waals surface area contributed by atoms with Crippen LogP contribution in [0.4, 0.5) is 0 Å². The highest BCUT2D eigenvalue weighted by Crippen LogP contribution is 2.31. The topological polar surface area (TPSA) is 82.2 Å². The second kappa shape index (κ2) is 11.4. The van der Waals surface area contributed by atoms with Crippen molar-refractivity contribution in [1.29, 1.82) is 0 Å². The first-order valence-electron chi connectivity index (χ1n) is 9.97. The predicted molar refractivity (Wildman–Crippen MR) is 123 cm³/mol. The molecule has 0 bridgehead atoms. The zero-order chi connectivity index (χ0) is 20.6.